The van der Waals surface area contributed by atoms with Crippen LogP contribution < -0.4 is 0 Å². The average molecular weight is 373 g/mol. The summed E-state index contributed by atoms with van der Waals surface area (Å²) in [6.45, 7) is 1.93. The molecule has 0 radical (unpaired) electrons. The predicted octanol–water partition coefficient (Wildman–Crippen LogP) is 7.79. The Morgan fingerprint density at radius 3 is 1.86 bits per heavy atom. The fraction of sp³-hybridized carbons (Fsp3) is 1.00. The summed E-state index contributed by atoms with van der Waals surface area (Å²) < 4.78 is 11.9. The molecule has 0 saturated carbocycles. The average Bonchev–Trinajstić information content (AvgIpc) is 1.75. The first-order valence-corrected chi connectivity index (χ1v) is 14.4. The zero-order valence-electron chi connectivity index (χ0n) is 6.69. The van der Waals surface area contributed by atoms with Crippen LogP contribution in [0.3, 0.4) is 0 Å². The highest BCUT2D eigenvalue weighted by Crippen LogP contribution is 2.89. The van der Waals surface area contributed by atoms with Crippen molar-refractivity contribution in [3.05, 3.63) is 0 Å². The van der Waals surface area contributed by atoms with Crippen LogP contribution in [0.25, 0.3) is 0 Å². The smallest absolute Gasteiger partial charge is 0.189 e. The summed E-state index contributed by atoms with van der Waals surface area (Å²) in [7, 11) is 0. The van der Waals surface area contributed by atoms with Crippen molar-refractivity contribution < 1.29 is 0 Å². The monoisotopic (exact) mass is 371 g/mol. The summed E-state index contributed by atoms with van der Waals surface area (Å²) in [5, 5.41) is 0. The molecule has 0 amide bonds. The zero-order valence-corrected chi connectivity index (χ0v) is 14.0. The highest BCUT2D eigenvalue weighted by molar-refractivity contribution is 8.67. The highest BCUT2D eigenvalue weighted by atomic mass is 35.9. The van der Waals surface area contributed by atoms with E-state index in [0.717, 1.165) is 5.75 Å². The third-order valence-electron chi connectivity index (χ3n) is 0.944. The van der Waals surface area contributed by atoms with E-state index in [9.17, 15) is 0 Å². The van der Waals surface area contributed by atoms with E-state index < -0.39 is 17.6 Å². The summed E-state index contributed by atoms with van der Waals surface area (Å²) in [6.07, 6.45) is 0. The Morgan fingerprint density at radius 2 is 1.43 bits per heavy atom. The molecule has 0 aromatic carbocycles. The van der Waals surface area contributed by atoms with E-state index >= 15 is 0 Å². The Kier molecular flexibility index (Phi) is 5.20. The van der Waals surface area contributed by atoms with Crippen molar-refractivity contribution in [2.75, 3.05) is 5.75 Å². The van der Waals surface area contributed by atoms with E-state index in [-0.39, 0.29) is 0 Å². The molecule has 0 aromatic heterocycles. The first kappa shape index (κ1) is 14.6. The zero-order chi connectivity index (χ0) is 11.0. The molecule has 0 saturated heterocycles. The fourth-order valence-electron chi connectivity index (χ4n) is 0.665. The molecule has 1 aliphatic rings. The van der Waals surface area contributed by atoms with Gasteiger partial charge in [-0.3, -0.25) is 0 Å². The molecule has 0 fully saturated rings. The fourth-order valence-corrected chi connectivity index (χ4v) is 23.4. The lowest BCUT2D eigenvalue weighted by Crippen LogP contribution is -1.69. The number of halogens is 5. The van der Waals surface area contributed by atoms with Crippen LogP contribution in [0.2, 0.25) is 0 Å². The van der Waals surface area contributed by atoms with Gasteiger partial charge in [0.25, 0.3) is 11.8 Å². The van der Waals surface area contributed by atoms with E-state index in [1.165, 1.54) is 11.4 Å². The second-order valence-corrected chi connectivity index (χ2v) is 18.8. The van der Waals surface area contributed by atoms with Crippen LogP contribution in [0.15, 0.2) is 13.5 Å². The quantitative estimate of drug-likeness (QED) is 0.455. The molecular formula is C2H5Cl5N3P3S. The van der Waals surface area contributed by atoms with Gasteiger partial charge in [-0.2, -0.15) is 13.5 Å². The van der Waals surface area contributed by atoms with Crippen molar-refractivity contribution in [1.82, 2.24) is 0 Å². The van der Waals surface area contributed by atoms with Crippen LogP contribution in [0.4, 0.5) is 0 Å². The highest BCUT2D eigenvalue weighted by Gasteiger charge is 2.31. The number of hydrogen-bond acceptors (Lipinski definition) is 4. The Labute approximate surface area is 111 Å². The van der Waals surface area contributed by atoms with Crippen LogP contribution in [0.1, 0.15) is 6.92 Å². The minimum atomic E-state index is -2.83. The molecule has 3 nitrogen and oxygen atoms in total. The number of rotatable bonds is 2. The van der Waals surface area contributed by atoms with Gasteiger partial charge in [-0.25, -0.2) is 0 Å². The summed E-state index contributed by atoms with van der Waals surface area (Å²) >= 11 is 30.9. The van der Waals surface area contributed by atoms with Crippen molar-refractivity contribution in [3.8, 4) is 0 Å². The lowest BCUT2D eigenvalue weighted by Gasteiger charge is -2.20. The van der Waals surface area contributed by atoms with Gasteiger partial charge in [0.15, 0.2) is 0 Å². The first-order valence-electron chi connectivity index (χ1n) is 3.22. The van der Waals surface area contributed by atoms with Gasteiger partial charge >= 0.3 is 0 Å². The lowest BCUT2D eigenvalue weighted by atomic mass is 11.0. The van der Waals surface area contributed by atoms with Crippen LogP contribution in [-0.2, 0) is 0 Å². The Morgan fingerprint density at radius 1 is 0.929 bits per heavy atom. The summed E-state index contributed by atoms with van der Waals surface area (Å²) in [4.78, 5) is 0. The molecule has 14 heavy (non-hydrogen) atoms. The van der Waals surface area contributed by atoms with Gasteiger partial charge in [-0.15, -0.1) is 0 Å². The van der Waals surface area contributed by atoms with E-state index in [2.05, 4.69) is 13.5 Å². The van der Waals surface area contributed by atoms with Crippen LogP contribution in [0, 0.1) is 0 Å². The predicted molar refractivity (Wildman–Crippen MR) is 75.4 cm³/mol. The lowest BCUT2D eigenvalue weighted by molar-refractivity contribution is 1.54. The van der Waals surface area contributed by atoms with Crippen molar-refractivity contribution in [2.24, 2.45) is 13.5 Å². The largest absolute Gasteiger partial charge is 0.257 e. The van der Waals surface area contributed by atoms with E-state index in [4.69, 9.17) is 56.2 Å². The molecule has 0 N–H and O–H groups in total. The number of nitrogens with zero attached hydrogens (tertiary/aromatic N) is 3. The molecule has 1 heterocycles. The van der Waals surface area contributed by atoms with E-state index in [0.29, 0.717) is 0 Å². The van der Waals surface area contributed by atoms with Gasteiger partial charge in [-0.05, 0) is 62.0 Å². The third-order valence-corrected chi connectivity index (χ3v) is 16.8. The van der Waals surface area contributed by atoms with Gasteiger partial charge in [0, 0.05) is 0 Å². The maximum absolute atomic E-state index is 6.14. The van der Waals surface area contributed by atoms with Crippen LogP contribution in [-0.4, -0.2) is 5.75 Å². The molecule has 0 bridgehead atoms. The molecule has 1 atom stereocenters. The van der Waals surface area contributed by atoms with Crippen molar-refractivity contribution in [1.29, 1.82) is 0 Å². The van der Waals surface area contributed by atoms with Crippen molar-refractivity contribution in [2.45, 2.75) is 6.92 Å². The summed E-state index contributed by atoms with van der Waals surface area (Å²) in [5.74, 6) is -7.40. The van der Waals surface area contributed by atoms with Gasteiger partial charge in [0.2, 0.25) is 5.76 Å². The summed E-state index contributed by atoms with van der Waals surface area (Å²) in [6, 6.07) is 0. The van der Waals surface area contributed by atoms with Gasteiger partial charge in [-0.1, -0.05) is 18.3 Å². The molecule has 1 unspecified atom stereocenters. The van der Waals surface area contributed by atoms with Crippen LogP contribution in [0.5, 0.6) is 0 Å². The topological polar surface area (TPSA) is 37.1 Å². The van der Waals surface area contributed by atoms with Gasteiger partial charge in [0.1, 0.15) is 0 Å². The second kappa shape index (κ2) is 5.01. The molecule has 84 valence electrons. The van der Waals surface area contributed by atoms with Crippen molar-refractivity contribution >= 4 is 85.2 Å². The minimum Gasteiger partial charge on any atom is -0.189 e. The molecule has 0 spiro atoms. The normalized spacial score (nSPS) is 33.9. The molecule has 1 rings (SSSR count). The van der Waals surface area contributed by atoms with E-state index in [1.807, 2.05) is 6.92 Å². The Balaban J connectivity index is 3.33. The van der Waals surface area contributed by atoms with Crippen molar-refractivity contribution in [3.63, 3.8) is 0 Å². The Hall–Kier alpha value is 2.49. The Bertz CT molecular complexity index is 386. The molecule has 12 heteroatoms. The number of hydrogen-bond donors (Lipinski definition) is 0. The van der Waals surface area contributed by atoms with Crippen LogP contribution >= 0.6 is 85.2 Å². The molecule has 0 aromatic rings. The molecule has 1 aliphatic heterocycles. The SMILES string of the molecule is CCSP1(Cl)=NP(Cl)(Cl)=NP(Cl)(Cl)=N1. The third kappa shape index (κ3) is 4.40. The standard InChI is InChI=1S/C2H5Cl5N3P3S/c1-2-14-13(7)9-11(3,4)8-12(5,6)10-13/h2H2,1H3. The molecular weight excluding hydrogens is 368 g/mol. The first-order chi connectivity index (χ1) is 6.18. The summed E-state index contributed by atoms with van der Waals surface area (Å²) in [5.41, 5.74) is 0. The maximum Gasteiger partial charge on any atom is 0.257 e. The van der Waals surface area contributed by atoms with Gasteiger partial charge in [0.05, 0.1) is 0 Å². The second-order valence-electron chi connectivity index (χ2n) is 2.07. The van der Waals surface area contributed by atoms with Gasteiger partial charge < -0.3 is 0 Å². The molecule has 0 aliphatic carbocycles. The maximum atomic E-state index is 6.14. The minimum absolute atomic E-state index is 0.742. The van der Waals surface area contributed by atoms with E-state index in [1.54, 1.807) is 0 Å².